The highest BCUT2D eigenvalue weighted by Crippen LogP contribution is 2.24. The van der Waals surface area contributed by atoms with Gasteiger partial charge in [0.05, 0.1) is 12.1 Å². The Morgan fingerprint density at radius 1 is 0.955 bits per heavy atom. The molecule has 1 aliphatic carbocycles. The molecule has 3 N–H and O–H groups in total. The minimum atomic E-state index is -0.224. The minimum Gasteiger partial charge on any atom is -0.382 e. The largest absolute Gasteiger partial charge is 0.382 e. The zero-order chi connectivity index (χ0) is 29.7. The van der Waals surface area contributed by atoms with E-state index in [0.717, 1.165) is 55.5 Å². The zero-order valence-corrected chi connectivity index (χ0v) is 24.4. The van der Waals surface area contributed by atoms with Crippen LogP contribution < -0.4 is 21.5 Å². The normalized spacial score (nSPS) is 15.6. The highest BCUT2D eigenvalue weighted by Gasteiger charge is 2.17. The van der Waals surface area contributed by atoms with Crippen molar-refractivity contribution in [2.45, 2.75) is 51.1 Å². The van der Waals surface area contributed by atoms with Crippen LogP contribution >= 0.6 is 0 Å². The fraction of sp³-hybridized carbons (Fsp3) is 0.333. The molecule has 1 saturated heterocycles. The second-order valence-corrected chi connectivity index (χ2v) is 11.3. The Kier molecular flexibility index (Phi) is 7.97. The van der Waals surface area contributed by atoms with Gasteiger partial charge in [0.2, 0.25) is 5.95 Å². The molecule has 11 nitrogen and oxygen atoms in total. The Balaban J connectivity index is 1.22. The van der Waals surface area contributed by atoms with E-state index in [1.807, 2.05) is 18.2 Å². The highest BCUT2D eigenvalue weighted by molar-refractivity contribution is 5.77. The van der Waals surface area contributed by atoms with Crippen LogP contribution in [0.2, 0.25) is 0 Å². The maximum Gasteiger partial charge on any atom is 0.268 e. The first-order valence-corrected chi connectivity index (χ1v) is 15.3. The number of aromatic nitrogens is 7. The highest BCUT2D eigenvalue weighted by atomic mass is 16.1. The molecular formula is C33H34N10O. The quantitative estimate of drug-likeness (QED) is 0.240. The molecule has 1 aromatic carbocycles. The van der Waals surface area contributed by atoms with Gasteiger partial charge in [0, 0.05) is 59.7 Å². The van der Waals surface area contributed by atoms with Gasteiger partial charge in [-0.05, 0) is 75.2 Å². The van der Waals surface area contributed by atoms with E-state index in [1.165, 1.54) is 12.8 Å². The van der Waals surface area contributed by atoms with E-state index in [2.05, 4.69) is 60.0 Å². The number of anilines is 3. The monoisotopic (exact) mass is 586 g/mol. The molecule has 11 heteroatoms. The summed E-state index contributed by atoms with van der Waals surface area (Å²) in [6.07, 6.45) is 15.2. The van der Waals surface area contributed by atoms with Crippen LogP contribution in [0, 0.1) is 17.8 Å². The summed E-state index contributed by atoms with van der Waals surface area (Å²) in [4.78, 5) is 32.4. The number of pyridine rings is 1. The van der Waals surface area contributed by atoms with Crippen LogP contribution in [-0.2, 0) is 6.54 Å². The molecule has 7 rings (SSSR count). The Hall–Kier alpha value is -5.08. The molecule has 0 spiro atoms. The van der Waals surface area contributed by atoms with Crippen LogP contribution in [0.3, 0.4) is 0 Å². The summed E-state index contributed by atoms with van der Waals surface area (Å²) in [5.41, 5.74) is 3.21. The van der Waals surface area contributed by atoms with E-state index in [1.54, 1.807) is 46.3 Å². The Bertz CT molecular complexity index is 1860. The molecule has 44 heavy (non-hydrogen) atoms. The Labute approximate surface area is 255 Å². The smallest absolute Gasteiger partial charge is 0.268 e. The molecule has 0 unspecified atom stereocenters. The van der Waals surface area contributed by atoms with Gasteiger partial charge in [-0.3, -0.25) is 14.3 Å². The van der Waals surface area contributed by atoms with Crippen molar-refractivity contribution in [1.29, 1.82) is 0 Å². The molecule has 0 amide bonds. The second kappa shape index (κ2) is 12.7. The maximum absolute atomic E-state index is 14.0. The van der Waals surface area contributed by atoms with Crippen molar-refractivity contribution in [2.75, 3.05) is 23.7 Å². The third-order valence-electron chi connectivity index (χ3n) is 8.23. The number of hydrogen-bond donors (Lipinski definition) is 3. The maximum atomic E-state index is 14.0. The van der Waals surface area contributed by atoms with Crippen LogP contribution in [0.5, 0.6) is 0 Å². The summed E-state index contributed by atoms with van der Waals surface area (Å²) in [6.45, 7) is 2.22. The van der Waals surface area contributed by atoms with Crippen molar-refractivity contribution in [2.24, 2.45) is 5.92 Å². The van der Waals surface area contributed by atoms with Gasteiger partial charge in [-0.15, -0.1) is 0 Å². The third kappa shape index (κ3) is 6.16. The molecule has 0 bridgehead atoms. The summed E-state index contributed by atoms with van der Waals surface area (Å²) in [5.74, 6) is 7.79. The third-order valence-corrected chi connectivity index (χ3v) is 8.23. The summed E-state index contributed by atoms with van der Waals surface area (Å²) in [5, 5.41) is 15.4. The van der Waals surface area contributed by atoms with Crippen molar-refractivity contribution in [3.63, 3.8) is 0 Å². The lowest BCUT2D eigenvalue weighted by atomic mass is 10.1. The van der Waals surface area contributed by atoms with Gasteiger partial charge in [0.15, 0.2) is 5.82 Å². The first-order valence-electron chi connectivity index (χ1n) is 15.3. The van der Waals surface area contributed by atoms with Crippen LogP contribution in [-0.4, -0.2) is 53.4 Å². The molecule has 1 aliphatic heterocycles. The fourth-order valence-corrected chi connectivity index (χ4v) is 5.89. The molecule has 2 fully saturated rings. The van der Waals surface area contributed by atoms with Gasteiger partial charge in [0.25, 0.3) is 5.56 Å². The van der Waals surface area contributed by atoms with Crippen molar-refractivity contribution in [1.82, 2.24) is 39.6 Å². The lowest BCUT2D eigenvalue weighted by Gasteiger charge is -2.24. The molecule has 5 heterocycles. The van der Waals surface area contributed by atoms with E-state index in [4.69, 9.17) is 4.98 Å². The number of hydrogen-bond acceptors (Lipinski definition) is 9. The average Bonchev–Trinajstić information content (AvgIpc) is 3.79. The standard InChI is InChI=1S/C33H34N10O/c44-32-24(7-6-23-4-1-2-5-23)20-25-21-37-33(40-27-10-8-26(9-11-27)39-28-12-15-34-16-13-28)41-30(25)42(32)22-29-31(36-18-17-35-29)43-19-3-14-38-43/h3,8-11,14,17-21,23,28,34,39H,1-2,4-5,12-13,15-16,22H2,(H,37,40,41). The van der Waals surface area contributed by atoms with Crippen LogP contribution in [0.15, 0.2) is 72.2 Å². The first kappa shape index (κ1) is 27.7. The van der Waals surface area contributed by atoms with Crippen molar-refractivity contribution in [3.8, 4) is 17.7 Å². The predicted octanol–water partition coefficient (Wildman–Crippen LogP) is 4.26. The molecule has 4 aromatic heterocycles. The number of benzene rings is 1. The average molecular weight is 587 g/mol. The lowest BCUT2D eigenvalue weighted by Crippen LogP contribution is -2.35. The predicted molar refractivity (Wildman–Crippen MR) is 170 cm³/mol. The lowest BCUT2D eigenvalue weighted by molar-refractivity contribution is 0.479. The number of rotatable bonds is 7. The number of nitrogens with one attached hydrogen (secondary N) is 3. The van der Waals surface area contributed by atoms with E-state index >= 15 is 0 Å². The van der Waals surface area contributed by atoms with Crippen molar-refractivity contribution < 1.29 is 0 Å². The zero-order valence-electron chi connectivity index (χ0n) is 24.4. The topological polar surface area (TPSA) is 127 Å². The van der Waals surface area contributed by atoms with Gasteiger partial charge >= 0.3 is 0 Å². The number of fused-ring (bicyclic) bond motifs is 1. The van der Waals surface area contributed by atoms with Crippen LogP contribution in [0.1, 0.15) is 49.8 Å². The number of nitrogens with zero attached hydrogens (tertiary/aromatic N) is 7. The van der Waals surface area contributed by atoms with Crippen LogP contribution in [0.4, 0.5) is 17.3 Å². The van der Waals surface area contributed by atoms with Gasteiger partial charge in [-0.25, -0.2) is 14.6 Å². The molecule has 0 radical (unpaired) electrons. The minimum absolute atomic E-state index is 0.144. The molecular weight excluding hydrogens is 552 g/mol. The fourth-order valence-electron chi connectivity index (χ4n) is 5.89. The summed E-state index contributed by atoms with van der Waals surface area (Å²) < 4.78 is 3.26. The second-order valence-electron chi connectivity index (χ2n) is 11.3. The van der Waals surface area contributed by atoms with Gasteiger partial charge in [-0.2, -0.15) is 10.1 Å². The molecule has 0 atom stereocenters. The Morgan fingerprint density at radius 2 is 1.75 bits per heavy atom. The van der Waals surface area contributed by atoms with Crippen LogP contribution in [0.25, 0.3) is 16.9 Å². The molecule has 5 aromatic rings. The van der Waals surface area contributed by atoms with E-state index in [-0.39, 0.29) is 12.1 Å². The summed E-state index contributed by atoms with van der Waals surface area (Å²) >= 11 is 0. The summed E-state index contributed by atoms with van der Waals surface area (Å²) in [7, 11) is 0. The van der Waals surface area contributed by atoms with E-state index in [9.17, 15) is 4.79 Å². The molecule has 2 aliphatic rings. The summed E-state index contributed by atoms with van der Waals surface area (Å²) in [6, 6.07) is 12.2. The number of piperidine rings is 1. The van der Waals surface area contributed by atoms with E-state index in [0.29, 0.717) is 40.6 Å². The molecule has 222 valence electrons. The molecule has 1 saturated carbocycles. The first-order chi connectivity index (χ1) is 21.7. The van der Waals surface area contributed by atoms with E-state index < -0.39 is 0 Å². The SMILES string of the molecule is O=c1c(C#CC2CCCC2)cc2cnc(Nc3ccc(NC4CCNCC4)cc3)nc2n1Cc1nccnc1-n1cccn1. The van der Waals surface area contributed by atoms with Gasteiger partial charge in [0.1, 0.15) is 11.3 Å². The van der Waals surface area contributed by atoms with Gasteiger partial charge < -0.3 is 16.0 Å². The van der Waals surface area contributed by atoms with Gasteiger partial charge in [-0.1, -0.05) is 24.7 Å². The Morgan fingerprint density at radius 3 is 2.55 bits per heavy atom. The van der Waals surface area contributed by atoms with Crippen molar-refractivity contribution >= 4 is 28.4 Å². The van der Waals surface area contributed by atoms with Crippen molar-refractivity contribution in [3.05, 3.63) is 89.0 Å².